The zero-order chi connectivity index (χ0) is 14.7. The minimum absolute atomic E-state index is 0.244. The number of methoxy groups -OCH3 is 1. The number of benzene rings is 1. The fourth-order valence-electron chi connectivity index (χ4n) is 3.08. The number of morpholine rings is 1. The topological polar surface area (TPSA) is 47.7 Å². The molecule has 20 heavy (non-hydrogen) atoms. The van der Waals surface area contributed by atoms with E-state index in [2.05, 4.69) is 37.8 Å². The van der Waals surface area contributed by atoms with Crippen molar-refractivity contribution in [2.75, 3.05) is 26.7 Å². The number of ether oxygens (including phenoxy) is 2. The van der Waals surface area contributed by atoms with E-state index in [0.29, 0.717) is 6.54 Å². The lowest BCUT2D eigenvalue weighted by atomic mass is 10.0. The summed E-state index contributed by atoms with van der Waals surface area (Å²) in [6, 6.07) is 6.57. The quantitative estimate of drug-likeness (QED) is 0.916. The van der Waals surface area contributed by atoms with Crippen molar-refractivity contribution in [1.82, 2.24) is 4.90 Å². The van der Waals surface area contributed by atoms with Crippen LogP contribution in [0, 0.1) is 6.92 Å². The Morgan fingerprint density at radius 2 is 2.00 bits per heavy atom. The number of nitrogens with two attached hydrogens (primary N) is 1. The van der Waals surface area contributed by atoms with Gasteiger partial charge in [-0.3, -0.25) is 4.90 Å². The van der Waals surface area contributed by atoms with Crippen molar-refractivity contribution in [3.8, 4) is 5.75 Å². The molecule has 1 aliphatic rings. The molecule has 2 rings (SSSR count). The van der Waals surface area contributed by atoms with E-state index in [1.165, 1.54) is 5.56 Å². The number of aryl methyl sites for hydroxylation is 1. The van der Waals surface area contributed by atoms with E-state index < -0.39 is 0 Å². The van der Waals surface area contributed by atoms with Crippen LogP contribution in [0.1, 0.15) is 31.0 Å². The lowest BCUT2D eigenvalue weighted by Crippen LogP contribution is -2.48. The smallest absolute Gasteiger partial charge is 0.121 e. The highest BCUT2D eigenvalue weighted by Crippen LogP contribution is 2.27. The summed E-state index contributed by atoms with van der Waals surface area (Å²) in [4.78, 5) is 2.43. The summed E-state index contributed by atoms with van der Waals surface area (Å²) < 4.78 is 11.1. The third-order valence-electron chi connectivity index (χ3n) is 3.92. The molecule has 1 aromatic carbocycles. The first-order chi connectivity index (χ1) is 9.55. The second-order valence-corrected chi connectivity index (χ2v) is 5.69. The maximum atomic E-state index is 6.03. The highest BCUT2D eigenvalue weighted by atomic mass is 16.5. The van der Waals surface area contributed by atoms with Crippen LogP contribution in [0.4, 0.5) is 0 Å². The second-order valence-electron chi connectivity index (χ2n) is 5.69. The molecule has 1 unspecified atom stereocenters. The minimum atomic E-state index is 0.244. The summed E-state index contributed by atoms with van der Waals surface area (Å²) >= 11 is 0. The Kier molecular flexibility index (Phi) is 5.02. The Hall–Kier alpha value is -1.10. The highest BCUT2D eigenvalue weighted by molar-refractivity contribution is 5.37. The van der Waals surface area contributed by atoms with Crippen LogP contribution in [-0.2, 0) is 4.74 Å². The molecule has 112 valence electrons. The SMILES string of the molecule is COc1ccc(C(CN)N2C[C@@H](C)O[C@@H](C)C2)cc1C. The van der Waals surface area contributed by atoms with E-state index in [0.717, 1.165) is 24.4 Å². The van der Waals surface area contributed by atoms with Gasteiger partial charge in [0.15, 0.2) is 0 Å². The standard InChI is InChI=1S/C16H26N2O2/c1-11-7-14(5-6-16(11)19-4)15(8-17)18-9-12(2)20-13(3)10-18/h5-7,12-13,15H,8-10,17H2,1-4H3/t12-,13+,15?. The molecular weight excluding hydrogens is 252 g/mol. The average Bonchev–Trinajstić information content (AvgIpc) is 2.38. The predicted molar refractivity (Wildman–Crippen MR) is 81.1 cm³/mol. The van der Waals surface area contributed by atoms with Gasteiger partial charge in [-0.25, -0.2) is 0 Å². The third kappa shape index (κ3) is 3.32. The van der Waals surface area contributed by atoms with E-state index in [1.54, 1.807) is 7.11 Å². The number of rotatable bonds is 4. The van der Waals surface area contributed by atoms with Crippen molar-refractivity contribution >= 4 is 0 Å². The van der Waals surface area contributed by atoms with Crippen molar-refractivity contribution in [2.24, 2.45) is 5.73 Å². The zero-order valence-corrected chi connectivity index (χ0v) is 12.9. The lowest BCUT2D eigenvalue weighted by Gasteiger charge is -2.40. The van der Waals surface area contributed by atoms with E-state index in [4.69, 9.17) is 15.2 Å². The molecule has 1 saturated heterocycles. The fraction of sp³-hybridized carbons (Fsp3) is 0.625. The molecule has 4 nitrogen and oxygen atoms in total. The van der Waals surface area contributed by atoms with Crippen LogP contribution in [0.25, 0.3) is 0 Å². The number of hydrogen-bond acceptors (Lipinski definition) is 4. The van der Waals surface area contributed by atoms with Crippen molar-refractivity contribution < 1.29 is 9.47 Å². The van der Waals surface area contributed by atoms with Crippen molar-refractivity contribution in [3.63, 3.8) is 0 Å². The van der Waals surface area contributed by atoms with Crippen molar-refractivity contribution in [2.45, 2.75) is 39.0 Å². The summed E-state index contributed by atoms with van der Waals surface area (Å²) in [5.41, 5.74) is 8.44. The molecule has 2 N–H and O–H groups in total. The van der Waals surface area contributed by atoms with Gasteiger partial charge < -0.3 is 15.2 Å². The van der Waals surface area contributed by atoms with Gasteiger partial charge in [-0.1, -0.05) is 12.1 Å². The van der Waals surface area contributed by atoms with Crippen LogP contribution in [0.2, 0.25) is 0 Å². The average molecular weight is 278 g/mol. The molecule has 0 aromatic heterocycles. The van der Waals surface area contributed by atoms with Gasteiger partial charge in [0.2, 0.25) is 0 Å². The maximum absolute atomic E-state index is 6.03. The number of hydrogen-bond donors (Lipinski definition) is 1. The van der Waals surface area contributed by atoms with Crippen molar-refractivity contribution in [1.29, 1.82) is 0 Å². The van der Waals surface area contributed by atoms with Gasteiger partial charge in [0.1, 0.15) is 5.75 Å². The first-order valence-corrected chi connectivity index (χ1v) is 7.29. The van der Waals surface area contributed by atoms with E-state index in [9.17, 15) is 0 Å². The normalized spacial score (nSPS) is 25.4. The van der Waals surface area contributed by atoms with Crippen LogP contribution in [0.15, 0.2) is 18.2 Å². The van der Waals surface area contributed by atoms with Gasteiger partial charge >= 0.3 is 0 Å². The van der Waals surface area contributed by atoms with Crippen LogP contribution in [0.5, 0.6) is 5.75 Å². The molecule has 0 saturated carbocycles. The summed E-state index contributed by atoms with van der Waals surface area (Å²) in [7, 11) is 1.70. The van der Waals surface area contributed by atoms with Crippen LogP contribution < -0.4 is 10.5 Å². The van der Waals surface area contributed by atoms with Crippen molar-refractivity contribution in [3.05, 3.63) is 29.3 Å². The summed E-state index contributed by atoms with van der Waals surface area (Å²) in [5.74, 6) is 0.924. The van der Waals surface area contributed by atoms with Gasteiger partial charge in [0.25, 0.3) is 0 Å². The third-order valence-corrected chi connectivity index (χ3v) is 3.92. The molecule has 0 bridgehead atoms. The molecule has 0 amide bonds. The van der Waals surface area contributed by atoms with Crippen LogP contribution in [0.3, 0.4) is 0 Å². The van der Waals surface area contributed by atoms with Gasteiger partial charge in [-0.15, -0.1) is 0 Å². The molecule has 1 heterocycles. The summed E-state index contributed by atoms with van der Waals surface area (Å²) in [6.07, 6.45) is 0.513. The van der Waals surface area contributed by atoms with Gasteiger partial charge in [0.05, 0.1) is 19.3 Å². The largest absolute Gasteiger partial charge is 0.496 e. The van der Waals surface area contributed by atoms with E-state index >= 15 is 0 Å². The Morgan fingerprint density at radius 3 is 2.50 bits per heavy atom. The lowest BCUT2D eigenvalue weighted by molar-refractivity contribution is -0.0799. The first kappa shape index (κ1) is 15.3. The zero-order valence-electron chi connectivity index (χ0n) is 12.9. The summed E-state index contributed by atoms with van der Waals surface area (Å²) in [5, 5.41) is 0. The molecule has 0 radical (unpaired) electrons. The van der Waals surface area contributed by atoms with Gasteiger partial charge in [-0.2, -0.15) is 0 Å². The Balaban J connectivity index is 2.21. The maximum Gasteiger partial charge on any atom is 0.121 e. The van der Waals surface area contributed by atoms with Gasteiger partial charge in [-0.05, 0) is 38.0 Å². The van der Waals surface area contributed by atoms with Crippen LogP contribution >= 0.6 is 0 Å². The van der Waals surface area contributed by atoms with Gasteiger partial charge in [0, 0.05) is 25.7 Å². The first-order valence-electron chi connectivity index (χ1n) is 7.29. The molecule has 4 heteroatoms. The Labute approximate surface area is 121 Å². The molecule has 0 aliphatic carbocycles. The molecule has 0 spiro atoms. The summed E-state index contributed by atoms with van der Waals surface area (Å²) in [6.45, 7) is 8.78. The Morgan fingerprint density at radius 1 is 1.35 bits per heavy atom. The number of nitrogens with zero attached hydrogens (tertiary/aromatic N) is 1. The molecule has 1 aliphatic heterocycles. The molecular formula is C16H26N2O2. The predicted octanol–water partition coefficient (Wildman–Crippen LogP) is 2.11. The fourth-order valence-corrected chi connectivity index (χ4v) is 3.08. The molecule has 1 fully saturated rings. The molecule has 1 aromatic rings. The monoisotopic (exact) mass is 278 g/mol. The van der Waals surface area contributed by atoms with E-state index in [1.807, 2.05) is 6.07 Å². The minimum Gasteiger partial charge on any atom is -0.496 e. The Bertz CT molecular complexity index is 440. The highest BCUT2D eigenvalue weighted by Gasteiger charge is 2.28. The molecule has 3 atom stereocenters. The second kappa shape index (κ2) is 6.57. The van der Waals surface area contributed by atoms with E-state index in [-0.39, 0.29) is 18.2 Å². The van der Waals surface area contributed by atoms with Crippen LogP contribution in [-0.4, -0.2) is 43.9 Å².